The van der Waals surface area contributed by atoms with E-state index in [1.807, 2.05) is 13.8 Å². The number of alkyl carbamates (subject to hydrolysis) is 1. The second-order valence-electron chi connectivity index (χ2n) is 8.21. The first-order chi connectivity index (χ1) is 13.7. The molecule has 1 aromatic rings. The molecule has 0 aromatic carbocycles. The topological polar surface area (TPSA) is 114 Å². The second kappa shape index (κ2) is 9.25. The van der Waals surface area contributed by atoms with Crippen molar-refractivity contribution in [3.05, 3.63) is 18.1 Å². The number of amides is 1. The second-order valence-corrected chi connectivity index (χ2v) is 10.2. The monoisotopic (exact) mass is 425 g/mol. The minimum absolute atomic E-state index is 0.103. The Morgan fingerprint density at radius 3 is 2.45 bits per heavy atom. The molecule has 0 spiro atoms. The van der Waals surface area contributed by atoms with Gasteiger partial charge in [-0.3, -0.25) is 4.98 Å². The minimum atomic E-state index is -3.11. The van der Waals surface area contributed by atoms with E-state index in [2.05, 4.69) is 20.6 Å². The maximum absolute atomic E-state index is 11.8. The van der Waals surface area contributed by atoms with Crippen LogP contribution in [0.1, 0.15) is 57.6 Å². The van der Waals surface area contributed by atoms with Crippen molar-refractivity contribution in [1.29, 1.82) is 0 Å². The van der Waals surface area contributed by atoms with Crippen LogP contribution < -0.4 is 10.6 Å². The molecular formula is C19H31N5O4S. The van der Waals surface area contributed by atoms with Gasteiger partial charge in [-0.05, 0) is 46.0 Å². The maximum atomic E-state index is 11.8. The summed E-state index contributed by atoms with van der Waals surface area (Å²) in [5.74, 6) is 0.985. The molecule has 9 nitrogen and oxygen atoms in total. The van der Waals surface area contributed by atoms with Crippen molar-refractivity contribution in [3.63, 3.8) is 0 Å². The van der Waals surface area contributed by atoms with Gasteiger partial charge in [-0.15, -0.1) is 0 Å². The Morgan fingerprint density at radius 1 is 1.14 bits per heavy atom. The van der Waals surface area contributed by atoms with E-state index in [0.717, 1.165) is 37.8 Å². The van der Waals surface area contributed by atoms with E-state index in [4.69, 9.17) is 4.74 Å². The molecule has 2 atom stereocenters. The lowest BCUT2D eigenvalue weighted by atomic mass is 10.0. The number of aromatic nitrogens is 2. The predicted molar refractivity (Wildman–Crippen MR) is 110 cm³/mol. The van der Waals surface area contributed by atoms with Crippen LogP contribution in [-0.2, 0) is 14.8 Å². The third kappa shape index (κ3) is 6.27. The standard InChI is InChI=1S/C19H31N5O4S/c1-13(2)28-19(25)23-16-5-4-14(10-16)17-11-21-18(12-20-17)22-15-6-8-24(9-7-15)29(3,26)27/h11-16H,4-10H2,1-3H3,(H,21,22)(H,23,25)/t14-,16+/m0/s1. The molecule has 1 saturated heterocycles. The highest BCUT2D eigenvalue weighted by atomic mass is 32.2. The summed E-state index contributed by atoms with van der Waals surface area (Å²) >= 11 is 0. The SMILES string of the molecule is CC(C)OC(=O)N[C@@H]1CC[C@H](c2cnc(NC3CCN(S(C)(=O)=O)CC3)cn2)C1. The lowest BCUT2D eigenvalue weighted by Crippen LogP contribution is -2.41. The molecule has 0 bridgehead atoms. The zero-order valence-electron chi connectivity index (χ0n) is 17.3. The molecule has 10 heteroatoms. The number of hydrogen-bond acceptors (Lipinski definition) is 7. The number of carbonyl (C=O) groups excluding carboxylic acids is 1. The van der Waals surface area contributed by atoms with E-state index >= 15 is 0 Å². The van der Waals surface area contributed by atoms with Gasteiger partial charge in [0.25, 0.3) is 0 Å². The summed E-state index contributed by atoms with van der Waals surface area (Å²) in [4.78, 5) is 20.8. The molecule has 1 saturated carbocycles. The zero-order valence-corrected chi connectivity index (χ0v) is 18.1. The third-order valence-corrected chi connectivity index (χ3v) is 6.77. The van der Waals surface area contributed by atoms with Crippen molar-refractivity contribution in [2.45, 2.75) is 70.1 Å². The van der Waals surface area contributed by atoms with Gasteiger partial charge in [-0.25, -0.2) is 22.5 Å². The molecule has 3 rings (SSSR count). The number of sulfonamides is 1. The Hall–Kier alpha value is -1.94. The van der Waals surface area contributed by atoms with Gasteiger partial charge < -0.3 is 15.4 Å². The van der Waals surface area contributed by atoms with Crippen LogP contribution in [0.3, 0.4) is 0 Å². The van der Waals surface area contributed by atoms with Crippen LogP contribution >= 0.6 is 0 Å². The molecule has 1 aliphatic heterocycles. The first-order valence-corrected chi connectivity index (χ1v) is 12.1. The molecule has 29 heavy (non-hydrogen) atoms. The summed E-state index contributed by atoms with van der Waals surface area (Å²) in [5.41, 5.74) is 0.934. The van der Waals surface area contributed by atoms with Crippen LogP contribution in [-0.4, -0.2) is 66.3 Å². The Labute approximate surface area is 172 Å². The largest absolute Gasteiger partial charge is 0.447 e. The van der Waals surface area contributed by atoms with Crippen LogP contribution in [0.15, 0.2) is 12.4 Å². The summed E-state index contributed by atoms with van der Waals surface area (Å²) in [6.45, 7) is 4.71. The van der Waals surface area contributed by atoms with Crippen LogP contribution in [0.5, 0.6) is 0 Å². The van der Waals surface area contributed by atoms with Gasteiger partial charge in [0.2, 0.25) is 10.0 Å². The molecule has 2 N–H and O–H groups in total. The van der Waals surface area contributed by atoms with Gasteiger partial charge in [0, 0.05) is 31.1 Å². The van der Waals surface area contributed by atoms with Gasteiger partial charge >= 0.3 is 6.09 Å². The molecule has 2 fully saturated rings. The third-order valence-electron chi connectivity index (χ3n) is 5.46. The van der Waals surface area contributed by atoms with Crippen LogP contribution in [0, 0.1) is 0 Å². The fourth-order valence-electron chi connectivity index (χ4n) is 3.96. The van der Waals surface area contributed by atoms with Crippen LogP contribution in [0.25, 0.3) is 0 Å². The molecule has 0 unspecified atom stereocenters. The van der Waals surface area contributed by atoms with E-state index in [0.29, 0.717) is 18.9 Å². The first-order valence-electron chi connectivity index (χ1n) is 10.2. The fraction of sp³-hybridized carbons (Fsp3) is 0.737. The van der Waals surface area contributed by atoms with Gasteiger partial charge in [0.15, 0.2) is 0 Å². The fourth-order valence-corrected chi connectivity index (χ4v) is 4.83. The highest BCUT2D eigenvalue weighted by Gasteiger charge is 2.29. The smallest absolute Gasteiger partial charge is 0.407 e. The van der Waals surface area contributed by atoms with Crippen molar-refractivity contribution in [3.8, 4) is 0 Å². The molecule has 1 aromatic heterocycles. The van der Waals surface area contributed by atoms with Crippen molar-refractivity contribution in [2.75, 3.05) is 24.7 Å². The molecule has 2 heterocycles. The van der Waals surface area contributed by atoms with Gasteiger partial charge in [-0.1, -0.05) is 0 Å². The Morgan fingerprint density at radius 2 is 1.86 bits per heavy atom. The number of piperidine rings is 1. The van der Waals surface area contributed by atoms with Crippen molar-refractivity contribution < 1.29 is 17.9 Å². The molecule has 1 amide bonds. The molecular weight excluding hydrogens is 394 g/mol. The summed E-state index contributed by atoms with van der Waals surface area (Å²) < 4.78 is 29.9. The highest BCUT2D eigenvalue weighted by Crippen LogP contribution is 2.33. The Balaban J connectivity index is 1.47. The molecule has 0 radical (unpaired) electrons. The highest BCUT2D eigenvalue weighted by molar-refractivity contribution is 7.88. The number of nitrogens with one attached hydrogen (secondary N) is 2. The van der Waals surface area contributed by atoms with Crippen molar-refractivity contribution >= 4 is 21.9 Å². The lowest BCUT2D eigenvalue weighted by molar-refractivity contribution is 0.112. The number of anilines is 1. The quantitative estimate of drug-likeness (QED) is 0.717. The average molecular weight is 426 g/mol. The van der Waals surface area contributed by atoms with Crippen LogP contribution in [0.2, 0.25) is 0 Å². The predicted octanol–water partition coefficient (Wildman–Crippen LogP) is 2.08. The van der Waals surface area contributed by atoms with E-state index in [1.54, 1.807) is 12.4 Å². The number of nitrogens with zero attached hydrogens (tertiary/aromatic N) is 3. The number of hydrogen-bond donors (Lipinski definition) is 2. The van der Waals surface area contributed by atoms with E-state index < -0.39 is 10.0 Å². The van der Waals surface area contributed by atoms with Crippen molar-refractivity contribution in [1.82, 2.24) is 19.6 Å². The maximum Gasteiger partial charge on any atom is 0.407 e. The van der Waals surface area contributed by atoms with Crippen LogP contribution in [0.4, 0.5) is 10.6 Å². The summed E-state index contributed by atoms with van der Waals surface area (Å²) in [6.07, 6.45) is 8.49. The molecule has 2 aliphatic rings. The molecule has 162 valence electrons. The number of rotatable bonds is 6. The Kier molecular flexibility index (Phi) is 6.94. The summed E-state index contributed by atoms with van der Waals surface area (Å²) in [6, 6.07) is 0.297. The van der Waals surface area contributed by atoms with E-state index in [-0.39, 0.29) is 30.2 Å². The van der Waals surface area contributed by atoms with E-state index in [1.165, 1.54) is 10.6 Å². The molecule has 1 aliphatic carbocycles. The number of carbonyl (C=O) groups is 1. The minimum Gasteiger partial charge on any atom is -0.447 e. The van der Waals surface area contributed by atoms with Gasteiger partial charge in [-0.2, -0.15) is 0 Å². The van der Waals surface area contributed by atoms with E-state index in [9.17, 15) is 13.2 Å². The number of ether oxygens (including phenoxy) is 1. The Bertz CT molecular complexity index is 791. The summed E-state index contributed by atoms with van der Waals surface area (Å²) in [7, 11) is -3.11. The van der Waals surface area contributed by atoms with Gasteiger partial charge in [0.05, 0.1) is 30.4 Å². The average Bonchev–Trinajstić information content (AvgIpc) is 3.09. The normalized spacial score (nSPS) is 23.9. The van der Waals surface area contributed by atoms with Crippen molar-refractivity contribution in [2.24, 2.45) is 0 Å². The lowest BCUT2D eigenvalue weighted by Gasteiger charge is -2.30. The van der Waals surface area contributed by atoms with Gasteiger partial charge in [0.1, 0.15) is 5.82 Å². The first kappa shape index (κ1) is 21.8. The zero-order chi connectivity index (χ0) is 21.0. The summed E-state index contributed by atoms with van der Waals surface area (Å²) in [5, 5.41) is 6.28.